The van der Waals surface area contributed by atoms with Crippen molar-refractivity contribution in [2.75, 3.05) is 5.32 Å². The maximum Gasteiger partial charge on any atom is 0.291 e. The van der Waals surface area contributed by atoms with Crippen LogP contribution in [0.25, 0.3) is 5.69 Å². The Labute approximate surface area is 154 Å². The van der Waals surface area contributed by atoms with Crippen LogP contribution in [-0.2, 0) is 0 Å². The zero-order valence-electron chi connectivity index (χ0n) is 13.1. The van der Waals surface area contributed by atoms with E-state index in [2.05, 4.69) is 36.5 Å². The summed E-state index contributed by atoms with van der Waals surface area (Å²) < 4.78 is 27.7. The molecule has 0 aliphatic heterocycles. The second kappa shape index (κ2) is 6.96. The van der Waals surface area contributed by atoms with Crippen molar-refractivity contribution in [3.63, 3.8) is 0 Å². The van der Waals surface area contributed by atoms with Crippen LogP contribution in [0.3, 0.4) is 0 Å². The predicted molar refractivity (Wildman–Crippen MR) is 93.6 cm³/mol. The molecule has 1 N–H and O–H groups in total. The van der Waals surface area contributed by atoms with Gasteiger partial charge in [-0.3, -0.25) is 10.1 Å². The number of alkyl halides is 2. The fraction of sp³-hybridized carbons (Fsp3) is 0.200. The van der Waals surface area contributed by atoms with E-state index in [9.17, 15) is 13.6 Å². The lowest BCUT2D eigenvalue weighted by molar-refractivity contribution is 0.102. The van der Waals surface area contributed by atoms with Gasteiger partial charge in [0, 0.05) is 5.56 Å². The number of benzene rings is 1. The molecule has 6 nitrogen and oxygen atoms in total. The Bertz CT molecular complexity index is 923. The van der Waals surface area contributed by atoms with Gasteiger partial charge >= 0.3 is 0 Å². The Morgan fingerprint density at radius 3 is 2.44 bits per heavy atom. The highest BCUT2D eigenvalue weighted by molar-refractivity contribution is 9.10. The van der Waals surface area contributed by atoms with Crippen molar-refractivity contribution in [2.24, 2.45) is 0 Å². The average molecular weight is 428 g/mol. The molecule has 0 saturated heterocycles. The number of aryl methyl sites for hydroxylation is 1. The van der Waals surface area contributed by atoms with E-state index < -0.39 is 17.3 Å². The molecule has 0 aliphatic rings. The number of halogens is 3. The summed E-state index contributed by atoms with van der Waals surface area (Å²) in [6.07, 6.45) is -2.71. The zero-order chi connectivity index (χ0) is 18.1. The lowest BCUT2D eigenvalue weighted by Gasteiger charge is -2.06. The third kappa shape index (κ3) is 3.59. The van der Waals surface area contributed by atoms with Crippen molar-refractivity contribution in [1.29, 1.82) is 0 Å². The van der Waals surface area contributed by atoms with Crippen LogP contribution in [0.2, 0.25) is 0 Å². The van der Waals surface area contributed by atoms with Gasteiger partial charge in [0.15, 0.2) is 5.01 Å². The van der Waals surface area contributed by atoms with Crippen molar-refractivity contribution >= 4 is 38.3 Å². The minimum absolute atomic E-state index is 0.0341. The molecule has 0 unspecified atom stereocenters. The van der Waals surface area contributed by atoms with Crippen LogP contribution in [0.5, 0.6) is 0 Å². The van der Waals surface area contributed by atoms with Gasteiger partial charge in [0.1, 0.15) is 0 Å². The van der Waals surface area contributed by atoms with E-state index in [-0.39, 0.29) is 5.13 Å². The maximum atomic E-state index is 12.5. The van der Waals surface area contributed by atoms with Gasteiger partial charge in [0.25, 0.3) is 12.3 Å². The van der Waals surface area contributed by atoms with E-state index >= 15 is 0 Å². The van der Waals surface area contributed by atoms with Crippen LogP contribution in [0.15, 0.2) is 28.7 Å². The Kier molecular flexibility index (Phi) is 4.91. The van der Waals surface area contributed by atoms with Crippen molar-refractivity contribution < 1.29 is 13.6 Å². The van der Waals surface area contributed by atoms with Crippen molar-refractivity contribution in [2.45, 2.75) is 20.3 Å². The van der Waals surface area contributed by atoms with Crippen molar-refractivity contribution in [3.05, 3.63) is 50.7 Å². The van der Waals surface area contributed by atoms with Gasteiger partial charge < -0.3 is 0 Å². The van der Waals surface area contributed by atoms with E-state index in [0.29, 0.717) is 16.9 Å². The van der Waals surface area contributed by atoms with E-state index in [1.54, 1.807) is 28.9 Å². The smallest absolute Gasteiger partial charge is 0.291 e. The molecule has 2 aromatic heterocycles. The number of rotatable bonds is 4. The van der Waals surface area contributed by atoms with Crippen LogP contribution < -0.4 is 5.32 Å². The van der Waals surface area contributed by atoms with Gasteiger partial charge in [0.2, 0.25) is 5.13 Å². The van der Waals surface area contributed by atoms with Crippen molar-refractivity contribution in [1.82, 2.24) is 20.0 Å². The molecule has 0 spiro atoms. The number of hydrogen-bond acceptors (Lipinski definition) is 5. The fourth-order valence-electron chi connectivity index (χ4n) is 2.17. The zero-order valence-corrected chi connectivity index (χ0v) is 15.5. The number of hydrogen-bond donors (Lipinski definition) is 1. The topological polar surface area (TPSA) is 72.7 Å². The molecule has 1 amide bonds. The van der Waals surface area contributed by atoms with Crippen molar-refractivity contribution in [3.8, 4) is 5.69 Å². The van der Waals surface area contributed by atoms with Crippen LogP contribution in [0.1, 0.15) is 33.2 Å². The Hall–Kier alpha value is -2.20. The molecule has 3 aromatic rings. The third-order valence-electron chi connectivity index (χ3n) is 3.42. The summed E-state index contributed by atoms with van der Waals surface area (Å²) >= 11 is 4.12. The molecule has 3 rings (SSSR count). The van der Waals surface area contributed by atoms with E-state index in [4.69, 9.17) is 0 Å². The summed E-state index contributed by atoms with van der Waals surface area (Å²) in [6, 6.07) is 6.77. The average Bonchev–Trinajstić information content (AvgIpc) is 3.16. The highest BCUT2D eigenvalue weighted by Gasteiger charge is 2.16. The predicted octanol–water partition coefficient (Wildman–Crippen LogP) is 4.29. The molecule has 25 heavy (non-hydrogen) atoms. The number of nitrogens with zero attached hydrogens (tertiary/aromatic N) is 4. The number of amides is 1. The minimum Gasteiger partial charge on any atom is -0.296 e. The summed E-state index contributed by atoms with van der Waals surface area (Å²) in [6.45, 7) is 3.83. The summed E-state index contributed by atoms with van der Waals surface area (Å²) in [4.78, 5) is 12.2. The van der Waals surface area contributed by atoms with Gasteiger partial charge in [-0.1, -0.05) is 11.3 Å². The van der Waals surface area contributed by atoms with Crippen LogP contribution in [0, 0.1) is 13.8 Å². The standard InChI is InChI=1S/C15H12BrF2N5OS/c1-7-11(16)8(2)23(22-7)10-5-3-9(4-6-10)13(24)19-15-21-20-14(25-15)12(17)18/h3-6,12H,1-2H3,(H,19,21,24). The second-order valence-electron chi connectivity index (χ2n) is 5.14. The molecule has 10 heteroatoms. The molecule has 130 valence electrons. The molecule has 0 atom stereocenters. The number of carbonyl (C=O) groups excluding carboxylic acids is 1. The summed E-state index contributed by atoms with van der Waals surface area (Å²) in [5.41, 5.74) is 2.99. The molecular formula is C15H12BrF2N5OS. The maximum absolute atomic E-state index is 12.5. The largest absolute Gasteiger partial charge is 0.296 e. The lowest BCUT2D eigenvalue weighted by Crippen LogP contribution is -2.12. The first-order chi connectivity index (χ1) is 11.9. The van der Waals surface area contributed by atoms with E-state index in [1.165, 1.54) is 0 Å². The molecule has 0 radical (unpaired) electrons. The van der Waals surface area contributed by atoms with Crippen LogP contribution in [0.4, 0.5) is 13.9 Å². The lowest BCUT2D eigenvalue weighted by atomic mass is 10.2. The summed E-state index contributed by atoms with van der Waals surface area (Å²) in [5.74, 6) is -0.446. The first-order valence-corrected chi connectivity index (χ1v) is 8.73. The normalized spacial score (nSPS) is 11.1. The van der Waals surface area contributed by atoms with Gasteiger partial charge in [-0.2, -0.15) is 5.10 Å². The molecule has 0 bridgehead atoms. The van der Waals surface area contributed by atoms with E-state index in [1.807, 2.05) is 13.8 Å². The molecule has 1 aromatic carbocycles. The molecular weight excluding hydrogens is 416 g/mol. The second-order valence-corrected chi connectivity index (χ2v) is 6.95. The number of anilines is 1. The highest BCUT2D eigenvalue weighted by atomic mass is 79.9. The summed E-state index contributed by atoms with van der Waals surface area (Å²) in [5, 5.41) is 13.3. The fourth-order valence-corrected chi connectivity index (χ4v) is 3.01. The Morgan fingerprint density at radius 1 is 1.24 bits per heavy atom. The minimum atomic E-state index is -2.71. The first kappa shape index (κ1) is 17.6. The monoisotopic (exact) mass is 427 g/mol. The van der Waals surface area contributed by atoms with Gasteiger partial charge in [-0.25, -0.2) is 13.5 Å². The molecule has 2 heterocycles. The summed E-state index contributed by atoms with van der Waals surface area (Å²) in [7, 11) is 0. The number of aromatic nitrogens is 4. The molecule has 0 saturated carbocycles. The van der Waals surface area contributed by atoms with Gasteiger partial charge in [-0.15, -0.1) is 10.2 Å². The van der Waals surface area contributed by atoms with Gasteiger partial charge in [-0.05, 0) is 54.0 Å². The molecule has 0 aliphatic carbocycles. The third-order valence-corrected chi connectivity index (χ3v) is 5.42. The SMILES string of the molecule is Cc1nn(-c2ccc(C(=O)Nc3nnc(C(F)F)s3)cc2)c(C)c1Br. The Balaban J connectivity index is 1.77. The first-order valence-electron chi connectivity index (χ1n) is 7.12. The number of carbonyl (C=O) groups is 1. The highest BCUT2D eigenvalue weighted by Crippen LogP contribution is 2.26. The quantitative estimate of drug-likeness (QED) is 0.673. The van der Waals surface area contributed by atoms with Crippen LogP contribution in [-0.4, -0.2) is 25.9 Å². The Morgan fingerprint density at radius 2 is 1.92 bits per heavy atom. The van der Waals surface area contributed by atoms with Gasteiger partial charge in [0.05, 0.1) is 21.5 Å². The van der Waals surface area contributed by atoms with Crippen LogP contribution >= 0.6 is 27.3 Å². The molecule has 0 fully saturated rings. The van der Waals surface area contributed by atoms with E-state index in [0.717, 1.165) is 21.5 Å². The number of nitrogens with one attached hydrogen (secondary N) is 1.